The predicted molar refractivity (Wildman–Crippen MR) is 103 cm³/mol. The molecule has 2 aliphatic heterocycles. The summed E-state index contributed by atoms with van der Waals surface area (Å²) in [4.78, 5) is 7.88. The fourth-order valence-corrected chi connectivity index (χ4v) is 4.07. The molecule has 2 saturated heterocycles. The molecule has 2 fully saturated rings. The van der Waals surface area contributed by atoms with Gasteiger partial charge in [0.15, 0.2) is 0 Å². The molecular formula is C20H41N3O. The van der Waals surface area contributed by atoms with Crippen LogP contribution in [0, 0.1) is 5.92 Å². The quantitative estimate of drug-likeness (QED) is 0.784. The zero-order valence-electron chi connectivity index (χ0n) is 16.7. The Morgan fingerprint density at radius 2 is 1.33 bits per heavy atom. The van der Waals surface area contributed by atoms with Crippen LogP contribution in [0.4, 0.5) is 0 Å². The van der Waals surface area contributed by atoms with Gasteiger partial charge in [-0.05, 0) is 85.5 Å². The molecule has 0 aliphatic carbocycles. The van der Waals surface area contributed by atoms with E-state index in [0.717, 1.165) is 32.2 Å². The first-order valence-corrected chi connectivity index (χ1v) is 10.3. The van der Waals surface area contributed by atoms with E-state index in [1.807, 2.05) is 0 Å². The normalized spacial score (nSPS) is 25.2. The number of nitrogens with zero attached hydrogens (tertiary/aromatic N) is 3. The van der Waals surface area contributed by atoms with Crippen molar-refractivity contribution < 1.29 is 4.74 Å². The molecule has 0 unspecified atom stereocenters. The van der Waals surface area contributed by atoms with Gasteiger partial charge in [0.05, 0.1) is 13.2 Å². The van der Waals surface area contributed by atoms with Gasteiger partial charge in [0.2, 0.25) is 0 Å². The average molecular weight is 340 g/mol. The first-order valence-electron chi connectivity index (χ1n) is 10.3. The van der Waals surface area contributed by atoms with Crippen LogP contribution in [0.25, 0.3) is 0 Å². The maximum absolute atomic E-state index is 5.92. The van der Waals surface area contributed by atoms with Crippen molar-refractivity contribution >= 4 is 0 Å². The monoisotopic (exact) mass is 339 g/mol. The van der Waals surface area contributed by atoms with E-state index in [2.05, 4.69) is 42.4 Å². The van der Waals surface area contributed by atoms with Gasteiger partial charge >= 0.3 is 0 Å². The average Bonchev–Trinajstić information content (AvgIpc) is 2.60. The highest BCUT2D eigenvalue weighted by Crippen LogP contribution is 2.20. The Morgan fingerprint density at radius 1 is 0.750 bits per heavy atom. The maximum Gasteiger partial charge on any atom is 0.0594 e. The van der Waals surface area contributed by atoms with Gasteiger partial charge in [-0.15, -0.1) is 0 Å². The van der Waals surface area contributed by atoms with Crippen molar-refractivity contribution in [3.8, 4) is 0 Å². The smallest absolute Gasteiger partial charge is 0.0594 e. The number of hydrogen-bond acceptors (Lipinski definition) is 4. The van der Waals surface area contributed by atoms with Gasteiger partial charge in [-0.25, -0.2) is 0 Å². The standard InChI is InChI=1S/C20H41N3O/c1-18(2)22-10-6-5-9-21(13-15-24-16-14-22)17-20-7-11-23(12-8-20)19(3)4/h18-20H,5-17H2,1-4H3. The summed E-state index contributed by atoms with van der Waals surface area (Å²) in [6, 6.07) is 1.34. The van der Waals surface area contributed by atoms with Crippen molar-refractivity contribution in [1.82, 2.24) is 14.7 Å². The Balaban J connectivity index is 1.74. The highest BCUT2D eigenvalue weighted by molar-refractivity contribution is 4.77. The highest BCUT2D eigenvalue weighted by Gasteiger charge is 2.22. The molecule has 0 spiro atoms. The Hall–Kier alpha value is -0.160. The van der Waals surface area contributed by atoms with Crippen LogP contribution in [0.5, 0.6) is 0 Å². The van der Waals surface area contributed by atoms with Gasteiger partial charge in [-0.1, -0.05) is 0 Å². The molecule has 2 heterocycles. The second-order valence-electron chi connectivity index (χ2n) is 8.32. The summed E-state index contributed by atoms with van der Waals surface area (Å²) in [5.74, 6) is 0.886. The first-order chi connectivity index (χ1) is 11.6. The molecule has 0 saturated carbocycles. The lowest BCUT2D eigenvalue weighted by atomic mass is 9.95. The van der Waals surface area contributed by atoms with Gasteiger partial charge in [0.1, 0.15) is 0 Å². The summed E-state index contributed by atoms with van der Waals surface area (Å²) in [5.41, 5.74) is 0. The maximum atomic E-state index is 5.92. The number of rotatable bonds is 4. The summed E-state index contributed by atoms with van der Waals surface area (Å²) >= 11 is 0. The fourth-order valence-electron chi connectivity index (χ4n) is 4.07. The van der Waals surface area contributed by atoms with Crippen LogP contribution >= 0.6 is 0 Å². The number of likely N-dealkylation sites (tertiary alicyclic amines) is 1. The lowest BCUT2D eigenvalue weighted by Gasteiger charge is -2.36. The van der Waals surface area contributed by atoms with E-state index in [0.29, 0.717) is 12.1 Å². The van der Waals surface area contributed by atoms with Gasteiger partial charge in [-0.3, -0.25) is 4.90 Å². The minimum Gasteiger partial charge on any atom is -0.379 e. The number of piperidine rings is 1. The van der Waals surface area contributed by atoms with Crippen LogP contribution in [-0.4, -0.2) is 85.8 Å². The first kappa shape index (κ1) is 20.2. The molecular weight excluding hydrogens is 298 g/mol. The van der Waals surface area contributed by atoms with Gasteiger partial charge in [0, 0.05) is 31.7 Å². The fraction of sp³-hybridized carbons (Fsp3) is 1.00. The molecule has 0 amide bonds. The molecule has 0 aromatic heterocycles. The predicted octanol–water partition coefficient (Wildman–Crippen LogP) is 2.93. The number of hydrogen-bond donors (Lipinski definition) is 0. The number of ether oxygens (including phenoxy) is 1. The molecule has 2 aliphatic rings. The van der Waals surface area contributed by atoms with Crippen LogP contribution < -0.4 is 0 Å². The van der Waals surface area contributed by atoms with Crippen molar-refractivity contribution in [3.63, 3.8) is 0 Å². The van der Waals surface area contributed by atoms with E-state index in [1.165, 1.54) is 58.4 Å². The van der Waals surface area contributed by atoms with E-state index >= 15 is 0 Å². The minimum atomic E-state index is 0.636. The molecule has 0 aromatic carbocycles. The molecule has 142 valence electrons. The van der Waals surface area contributed by atoms with Crippen LogP contribution in [-0.2, 0) is 4.74 Å². The molecule has 4 nitrogen and oxygen atoms in total. The van der Waals surface area contributed by atoms with Crippen molar-refractivity contribution in [2.24, 2.45) is 5.92 Å². The largest absolute Gasteiger partial charge is 0.379 e. The van der Waals surface area contributed by atoms with Crippen LogP contribution in [0.3, 0.4) is 0 Å². The highest BCUT2D eigenvalue weighted by atomic mass is 16.5. The SMILES string of the molecule is CC(C)N1CCCCN(CC2CCN(C(C)C)CC2)CCOCC1. The van der Waals surface area contributed by atoms with Crippen molar-refractivity contribution in [2.75, 3.05) is 59.0 Å². The van der Waals surface area contributed by atoms with Crippen molar-refractivity contribution in [1.29, 1.82) is 0 Å². The zero-order chi connectivity index (χ0) is 17.4. The van der Waals surface area contributed by atoms with E-state index in [4.69, 9.17) is 4.74 Å². The van der Waals surface area contributed by atoms with Crippen molar-refractivity contribution in [2.45, 2.75) is 65.5 Å². The third kappa shape index (κ3) is 6.99. The van der Waals surface area contributed by atoms with Crippen molar-refractivity contribution in [3.05, 3.63) is 0 Å². The summed E-state index contributed by atoms with van der Waals surface area (Å²) in [7, 11) is 0. The Morgan fingerprint density at radius 3 is 2.00 bits per heavy atom. The van der Waals surface area contributed by atoms with E-state index in [-0.39, 0.29) is 0 Å². The molecule has 0 aromatic rings. The molecule has 0 atom stereocenters. The molecule has 0 bridgehead atoms. The second kappa shape index (κ2) is 10.7. The van der Waals surface area contributed by atoms with E-state index in [1.54, 1.807) is 0 Å². The van der Waals surface area contributed by atoms with E-state index < -0.39 is 0 Å². The Bertz CT molecular complexity index is 327. The summed E-state index contributed by atoms with van der Waals surface area (Å²) in [5, 5.41) is 0. The second-order valence-corrected chi connectivity index (χ2v) is 8.32. The molecule has 24 heavy (non-hydrogen) atoms. The lowest BCUT2D eigenvalue weighted by molar-refractivity contribution is 0.0711. The Labute approximate surface area is 150 Å². The summed E-state index contributed by atoms with van der Waals surface area (Å²) < 4.78 is 5.92. The van der Waals surface area contributed by atoms with Crippen LogP contribution in [0.2, 0.25) is 0 Å². The van der Waals surface area contributed by atoms with Gasteiger partial charge in [-0.2, -0.15) is 0 Å². The summed E-state index contributed by atoms with van der Waals surface area (Å²) in [6.45, 7) is 19.6. The summed E-state index contributed by atoms with van der Waals surface area (Å²) in [6.07, 6.45) is 5.39. The van der Waals surface area contributed by atoms with Gasteiger partial charge < -0.3 is 14.5 Å². The molecule has 4 heteroatoms. The van der Waals surface area contributed by atoms with Crippen LogP contribution in [0.15, 0.2) is 0 Å². The van der Waals surface area contributed by atoms with E-state index in [9.17, 15) is 0 Å². The zero-order valence-corrected chi connectivity index (χ0v) is 16.7. The molecule has 0 N–H and O–H groups in total. The molecule has 2 rings (SSSR count). The minimum absolute atomic E-state index is 0.636. The van der Waals surface area contributed by atoms with Crippen LogP contribution in [0.1, 0.15) is 53.4 Å². The third-order valence-electron chi connectivity index (χ3n) is 5.87. The van der Waals surface area contributed by atoms with Gasteiger partial charge in [0.25, 0.3) is 0 Å². The molecule has 0 radical (unpaired) electrons. The third-order valence-corrected chi connectivity index (χ3v) is 5.87. The Kier molecular flexibility index (Phi) is 9.02. The lowest BCUT2D eigenvalue weighted by Crippen LogP contribution is -2.42. The topological polar surface area (TPSA) is 19.0 Å².